The van der Waals surface area contributed by atoms with Crippen molar-refractivity contribution >= 4 is 34.1 Å². The second kappa shape index (κ2) is 6.30. The minimum Gasteiger partial charge on any atom is -0.382 e. The van der Waals surface area contributed by atoms with Crippen LogP contribution < -0.4 is 16.0 Å². The lowest BCUT2D eigenvalue weighted by Crippen LogP contribution is -2.44. The van der Waals surface area contributed by atoms with Crippen LogP contribution in [0.1, 0.15) is 29.4 Å². The molecule has 1 aromatic rings. The number of likely N-dealkylation sites (N-methyl/N-ethyl adjacent to an activating group) is 1. The highest BCUT2D eigenvalue weighted by Gasteiger charge is 2.35. The van der Waals surface area contributed by atoms with Crippen molar-refractivity contribution in [3.8, 4) is 0 Å². The van der Waals surface area contributed by atoms with E-state index in [9.17, 15) is 9.59 Å². The second-order valence-electron chi connectivity index (χ2n) is 5.00. The number of rotatable bonds is 4. The molecule has 1 saturated heterocycles. The largest absolute Gasteiger partial charge is 0.382 e. The van der Waals surface area contributed by atoms with Gasteiger partial charge in [0.25, 0.3) is 5.91 Å². The van der Waals surface area contributed by atoms with Gasteiger partial charge >= 0.3 is 0 Å². The molecule has 1 aliphatic heterocycles. The maximum atomic E-state index is 12.6. The first-order valence-corrected chi connectivity index (χ1v) is 7.81. The minimum atomic E-state index is -0.406. The summed E-state index contributed by atoms with van der Waals surface area (Å²) in [5.74, 6) is -0.0930. The molecule has 8 heteroatoms. The second-order valence-corrected chi connectivity index (χ2v) is 5.97. The van der Waals surface area contributed by atoms with Crippen LogP contribution >= 0.6 is 11.3 Å². The van der Waals surface area contributed by atoms with E-state index in [1.54, 1.807) is 11.9 Å². The van der Waals surface area contributed by atoms with Crippen LogP contribution in [0.3, 0.4) is 0 Å². The molecule has 0 radical (unpaired) electrons. The first-order valence-electron chi connectivity index (χ1n) is 6.99. The summed E-state index contributed by atoms with van der Waals surface area (Å²) in [6, 6.07) is -0.406. The van der Waals surface area contributed by atoms with Gasteiger partial charge in [-0.3, -0.25) is 9.59 Å². The van der Waals surface area contributed by atoms with Crippen LogP contribution in [-0.4, -0.2) is 54.9 Å². The zero-order valence-electron chi connectivity index (χ0n) is 12.5. The van der Waals surface area contributed by atoms with E-state index in [0.717, 1.165) is 13.0 Å². The number of aromatic nitrogens is 1. The molecule has 116 valence electrons. The van der Waals surface area contributed by atoms with Gasteiger partial charge in [-0.2, -0.15) is 0 Å². The molecule has 1 aromatic heterocycles. The van der Waals surface area contributed by atoms with Crippen LogP contribution in [0.2, 0.25) is 0 Å². The van der Waals surface area contributed by atoms with Crippen molar-refractivity contribution < 1.29 is 9.59 Å². The summed E-state index contributed by atoms with van der Waals surface area (Å²) < 4.78 is 0. The van der Waals surface area contributed by atoms with Gasteiger partial charge < -0.3 is 20.9 Å². The number of nitrogens with two attached hydrogens (primary N) is 1. The Hall–Kier alpha value is -1.83. The predicted octanol–water partition coefficient (Wildman–Crippen LogP) is 0.532. The molecule has 1 unspecified atom stereocenters. The molecule has 7 nitrogen and oxygen atoms in total. The van der Waals surface area contributed by atoms with E-state index < -0.39 is 6.04 Å². The fourth-order valence-corrected chi connectivity index (χ4v) is 3.32. The number of hydrogen-bond acceptors (Lipinski definition) is 6. The summed E-state index contributed by atoms with van der Waals surface area (Å²) in [4.78, 5) is 32.7. The zero-order valence-corrected chi connectivity index (χ0v) is 13.4. The topological polar surface area (TPSA) is 91.6 Å². The number of nitrogens with zero attached hydrogens (tertiary/aromatic N) is 3. The normalized spacial score (nSPS) is 17.9. The van der Waals surface area contributed by atoms with E-state index in [0.29, 0.717) is 23.0 Å². The number of carbonyl (C=O) groups is 2. The number of nitrogens with one attached hydrogen (secondary N) is 1. The van der Waals surface area contributed by atoms with Crippen LogP contribution in [0.4, 0.5) is 10.9 Å². The van der Waals surface area contributed by atoms with E-state index in [-0.39, 0.29) is 17.6 Å². The Balaban J connectivity index is 2.23. The molecule has 2 heterocycles. The maximum Gasteiger partial charge on any atom is 0.268 e. The summed E-state index contributed by atoms with van der Waals surface area (Å²) >= 11 is 1.28. The van der Waals surface area contributed by atoms with E-state index >= 15 is 0 Å². The quantitative estimate of drug-likeness (QED) is 0.846. The molecule has 2 amide bonds. The highest BCUT2D eigenvalue weighted by Crippen LogP contribution is 2.30. The van der Waals surface area contributed by atoms with Gasteiger partial charge in [0.2, 0.25) is 5.91 Å². The molecule has 2 rings (SSSR count). The molecule has 0 aromatic carbocycles. The van der Waals surface area contributed by atoms with Crippen LogP contribution in [-0.2, 0) is 4.79 Å². The fourth-order valence-electron chi connectivity index (χ4n) is 2.35. The molecule has 1 fully saturated rings. The Morgan fingerprint density at radius 3 is 2.90 bits per heavy atom. The van der Waals surface area contributed by atoms with Crippen molar-refractivity contribution in [2.24, 2.45) is 0 Å². The van der Waals surface area contributed by atoms with Gasteiger partial charge in [-0.05, 0) is 19.8 Å². The Kier molecular flexibility index (Phi) is 4.66. The van der Waals surface area contributed by atoms with Gasteiger partial charge in [-0.15, -0.1) is 0 Å². The third-order valence-corrected chi connectivity index (χ3v) is 4.87. The van der Waals surface area contributed by atoms with E-state index in [1.807, 2.05) is 18.9 Å². The number of thiazole rings is 1. The summed E-state index contributed by atoms with van der Waals surface area (Å²) in [6.45, 7) is 3.36. The Morgan fingerprint density at radius 2 is 2.29 bits per heavy atom. The zero-order chi connectivity index (χ0) is 15.6. The SMILES string of the molecule is CCN(C)c1nc(N)c(C(=O)N2CCCC2C(=O)NC)s1. The molecule has 1 atom stereocenters. The minimum absolute atomic E-state index is 0.130. The van der Waals surface area contributed by atoms with Gasteiger partial charge in [0, 0.05) is 27.2 Å². The van der Waals surface area contributed by atoms with Crippen molar-refractivity contribution in [3.63, 3.8) is 0 Å². The fraction of sp³-hybridized carbons (Fsp3) is 0.615. The first-order chi connectivity index (χ1) is 9.99. The van der Waals surface area contributed by atoms with Crippen molar-refractivity contribution in [1.29, 1.82) is 0 Å². The number of nitrogen functional groups attached to an aromatic ring is 1. The lowest BCUT2D eigenvalue weighted by molar-refractivity contribution is -0.124. The first kappa shape index (κ1) is 15.6. The summed E-state index contributed by atoms with van der Waals surface area (Å²) in [7, 11) is 3.48. The van der Waals surface area contributed by atoms with Crippen LogP contribution in [0, 0.1) is 0 Å². The van der Waals surface area contributed by atoms with Crippen molar-refractivity contribution in [2.75, 3.05) is 37.8 Å². The number of likely N-dealkylation sites (tertiary alicyclic amines) is 1. The van der Waals surface area contributed by atoms with Crippen molar-refractivity contribution in [3.05, 3.63) is 4.88 Å². The third-order valence-electron chi connectivity index (χ3n) is 3.70. The maximum absolute atomic E-state index is 12.6. The Bertz CT molecular complexity index is 545. The summed E-state index contributed by atoms with van der Waals surface area (Å²) in [5.41, 5.74) is 5.88. The molecule has 0 spiro atoms. The monoisotopic (exact) mass is 311 g/mol. The average molecular weight is 311 g/mol. The molecule has 0 saturated carbocycles. The van der Waals surface area contributed by atoms with Gasteiger partial charge in [-0.1, -0.05) is 11.3 Å². The lowest BCUT2D eigenvalue weighted by atomic mass is 10.2. The van der Waals surface area contributed by atoms with Gasteiger partial charge in [0.15, 0.2) is 5.13 Å². The molecular formula is C13H21N5O2S. The summed E-state index contributed by atoms with van der Waals surface area (Å²) in [5, 5.41) is 3.32. The van der Waals surface area contributed by atoms with Gasteiger partial charge in [-0.25, -0.2) is 4.98 Å². The molecule has 0 aliphatic carbocycles. The molecule has 0 bridgehead atoms. The Morgan fingerprint density at radius 1 is 1.57 bits per heavy atom. The third kappa shape index (κ3) is 2.94. The highest BCUT2D eigenvalue weighted by atomic mass is 32.1. The lowest BCUT2D eigenvalue weighted by Gasteiger charge is -2.22. The molecule has 21 heavy (non-hydrogen) atoms. The van der Waals surface area contributed by atoms with E-state index in [2.05, 4.69) is 10.3 Å². The van der Waals surface area contributed by atoms with Gasteiger partial charge in [0.1, 0.15) is 16.7 Å². The number of hydrogen-bond donors (Lipinski definition) is 2. The molecular weight excluding hydrogens is 290 g/mol. The van der Waals surface area contributed by atoms with Crippen molar-refractivity contribution in [1.82, 2.24) is 15.2 Å². The van der Waals surface area contributed by atoms with Crippen molar-refractivity contribution in [2.45, 2.75) is 25.8 Å². The standard InChI is InChI=1S/C13H21N5O2S/c1-4-17(3)13-16-10(14)9(21-13)12(20)18-7-5-6-8(18)11(19)15-2/h8H,4-7,14H2,1-3H3,(H,15,19). The number of anilines is 2. The van der Waals surface area contributed by atoms with E-state index in [1.165, 1.54) is 11.3 Å². The number of carbonyl (C=O) groups excluding carboxylic acids is 2. The number of amides is 2. The smallest absolute Gasteiger partial charge is 0.268 e. The van der Waals surface area contributed by atoms with Gasteiger partial charge in [0.05, 0.1) is 0 Å². The highest BCUT2D eigenvalue weighted by molar-refractivity contribution is 7.18. The molecule has 1 aliphatic rings. The van der Waals surface area contributed by atoms with Crippen LogP contribution in [0.25, 0.3) is 0 Å². The predicted molar refractivity (Wildman–Crippen MR) is 83.6 cm³/mol. The molecule has 3 N–H and O–H groups in total. The average Bonchev–Trinajstić information content (AvgIpc) is 3.11. The van der Waals surface area contributed by atoms with E-state index in [4.69, 9.17) is 5.73 Å². The summed E-state index contributed by atoms with van der Waals surface area (Å²) in [6.07, 6.45) is 1.51. The Labute approximate surface area is 128 Å². The van der Waals surface area contributed by atoms with Crippen LogP contribution in [0.15, 0.2) is 0 Å². The van der Waals surface area contributed by atoms with Crippen LogP contribution in [0.5, 0.6) is 0 Å².